The van der Waals surface area contributed by atoms with Crippen molar-refractivity contribution < 1.29 is 70.8 Å². The largest absolute Gasteiger partial charge is 0.412 e. The van der Waals surface area contributed by atoms with Gasteiger partial charge in [0.1, 0.15) is 0 Å². The maximum absolute atomic E-state index is 0. The maximum atomic E-state index is 0. The van der Waals surface area contributed by atoms with Gasteiger partial charge in [-0.2, -0.15) is 0 Å². The molecule has 0 unspecified atom stereocenters. The molecule has 51 valence electrons. The first-order valence-electron chi connectivity index (χ1n) is 0. The van der Waals surface area contributed by atoms with E-state index in [0.29, 0.717) is 0 Å². The molecule has 0 aromatic rings. The molecule has 5 nitrogen and oxygen atoms in total. The molecule has 0 heterocycles. The molecule has 0 amide bonds. The predicted molar refractivity (Wildman–Crippen MR) is 18.1 cm³/mol. The summed E-state index contributed by atoms with van der Waals surface area (Å²) < 4.78 is 0. The van der Waals surface area contributed by atoms with Gasteiger partial charge in [0.25, 0.3) is 0 Å². The first-order valence-corrected chi connectivity index (χ1v) is 0. The molecule has 0 saturated heterocycles. The Hall–Kier alpha value is 1.23. The van der Waals surface area contributed by atoms with Crippen molar-refractivity contribution in [3.63, 3.8) is 0 Å². The second-order valence-electron chi connectivity index (χ2n) is 0. The molecule has 0 aliphatic rings. The standard InChI is InChI=1S/5H2O.Ta.W/h5*1H2;;. The van der Waals surface area contributed by atoms with Crippen molar-refractivity contribution in [2.75, 3.05) is 0 Å². The van der Waals surface area contributed by atoms with Crippen molar-refractivity contribution >= 4 is 0 Å². The van der Waals surface area contributed by atoms with Crippen LogP contribution in [0.3, 0.4) is 0 Å². The van der Waals surface area contributed by atoms with Gasteiger partial charge in [-0.3, -0.25) is 0 Å². The Kier molecular flexibility index (Phi) is 7560. The molecule has 0 aliphatic heterocycles. The maximum Gasteiger partial charge on any atom is 0 e. The van der Waals surface area contributed by atoms with E-state index in [-0.39, 0.29) is 70.8 Å². The van der Waals surface area contributed by atoms with E-state index in [1.165, 1.54) is 0 Å². The summed E-state index contributed by atoms with van der Waals surface area (Å²) in [4.78, 5) is 0. The van der Waals surface area contributed by atoms with E-state index in [4.69, 9.17) is 0 Å². The number of hydrogen-bond donors (Lipinski definition) is 0. The van der Waals surface area contributed by atoms with Crippen molar-refractivity contribution in [2.45, 2.75) is 0 Å². The molecule has 10 N–H and O–H groups in total. The van der Waals surface area contributed by atoms with Crippen molar-refractivity contribution in [2.24, 2.45) is 0 Å². The third-order valence-corrected chi connectivity index (χ3v) is 0. The second kappa shape index (κ2) is 186. The van der Waals surface area contributed by atoms with Gasteiger partial charge >= 0.3 is 0 Å². The molecule has 7 heteroatoms. The van der Waals surface area contributed by atoms with Gasteiger partial charge in [0.05, 0.1) is 0 Å². The van der Waals surface area contributed by atoms with E-state index < -0.39 is 0 Å². The second-order valence-corrected chi connectivity index (χ2v) is 0. The van der Waals surface area contributed by atoms with Gasteiger partial charge in [-0.15, -0.1) is 0 Å². The Morgan fingerprint density at radius 3 is 0.429 bits per heavy atom. The minimum atomic E-state index is 0. The molecule has 0 aliphatic carbocycles. The van der Waals surface area contributed by atoms with E-state index >= 15 is 0 Å². The summed E-state index contributed by atoms with van der Waals surface area (Å²) >= 11 is 0. The molecule has 0 bridgehead atoms. The molecule has 7 heavy (non-hydrogen) atoms. The average molecular weight is 455 g/mol. The quantitative estimate of drug-likeness (QED) is 0.348. The summed E-state index contributed by atoms with van der Waals surface area (Å²) in [5.41, 5.74) is 0. The summed E-state index contributed by atoms with van der Waals surface area (Å²) in [6, 6.07) is 0. The summed E-state index contributed by atoms with van der Waals surface area (Å²) in [5.74, 6) is 0. The molecule has 1 radical (unpaired) electrons. The zero-order valence-electron chi connectivity index (χ0n) is 3.36. The Morgan fingerprint density at radius 1 is 0.429 bits per heavy atom. The van der Waals surface area contributed by atoms with Crippen molar-refractivity contribution in [1.82, 2.24) is 0 Å². The van der Waals surface area contributed by atoms with Gasteiger partial charge in [0.15, 0.2) is 0 Å². The van der Waals surface area contributed by atoms with Crippen LogP contribution in [-0.4, -0.2) is 27.4 Å². The zero-order valence-corrected chi connectivity index (χ0v) is 9.50. The van der Waals surface area contributed by atoms with Gasteiger partial charge in [0, 0.05) is 43.4 Å². The van der Waals surface area contributed by atoms with Crippen LogP contribution in [0.25, 0.3) is 0 Å². The Morgan fingerprint density at radius 2 is 0.429 bits per heavy atom. The number of rotatable bonds is 0. The summed E-state index contributed by atoms with van der Waals surface area (Å²) in [7, 11) is 0. The van der Waals surface area contributed by atoms with Crippen molar-refractivity contribution in [1.29, 1.82) is 0 Å². The molecule has 0 spiro atoms. The minimum Gasteiger partial charge on any atom is -0.412 e. The number of hydrogen-bond acceptors (Lipinski definition) is 0. The molecule has 0 atom stereocenters. The van der Waals surface area contributed by atoms with Gasteiger partial charge in [-0.1, -0.05) is 0 Å². The van der Waals surface area contributed by atoms with Gasteiger partial charge < -0.3 is 27.4 Å². The summed E-state index contributed by atoms with van der Waals surface area (Å²) in [6.45, 7) is 0. The fourth-order valence-corrected chi connectivity index (χ4v) is 0. The zero-order chi connectivity index (χ0) is 0. The van der Waals surface area contributed by atoms with E-state index in [9.17, 15) is 0 Å². The third kappa shape index (κ3) is 131. The topological polar surface area (TPSA) is 158 Å². The fraction of sp³-hybridized carbons (Fsp3) is 0. The minimum absolute atomic E-state index is 0. The Labute approximate surface area is 70.8 Å². The molecule has 0 aromatic carbocycles. The molecule has 0 aromatic heterocycles. The summed E-state index contributed by atoms with van der Waals surface area (Å²) in [6.07, 6.45) is 0. The molecule has 0 saturated carbocycles. The van der Waals surface area contributed by atoms with Crippen LogP contribution in [0.15, 0.2) is 0 Å². The van der Waals surface area contributed by atoms with Crippen LogP contribution in [0.1, 0.15) is 0 Å². The van der Waals surface area contributed by atoms with Crippen LogP contribution in [-0.2, 0) is 43.4 Å². The average Bonchev–Trinajstić information content (AvgIpc) is 0. The van der Waals surface area contributed by atoms with Crippen LogP contribution in [0.4, 0.5) is 0 Å². The molecular weight excluding hydrogens is 445 g/mol. The fourth-order valence-electron chi connectivity index (χ4n) is 0. The molecule has 0 fully saturated rings. The van der Waals surface area contributed by atoms with E-state index in [0.717, 1.165) is 0 Å². The SMILES string of the molecule is O.O.O.O.O.[Ta].[W]. The van der Waals surface area contributed by atoms with Crippen LogP contribution in [0, 0.1) is 0 Å². The van der Waals surface area contributed by atoms with Crippen LogP contribution in [0.5, 0.6) is 0 Å². The van der Waals surface area contributed by atoms with E-state index in [2.05, 4.69) is 0 Å². The van der Waals surface area contributed by atoms with E-state index in [1.807, 2.05) is 0 Å². The van der Waals surface area contributed by atoms with Crippen LogP contribution in [0.2, 0.25) is 0 Å². The van der Waals surface area contributed by atoms with Gasteiger partial charge in [-0.05, 0) is 0 Å². The van der Waals surface area contributed by atoms with Crippen molar-refractivity contribution in [3.05, 3.63) is 0 Å². The van der Waals surface area contributed by atoms with Crippen LogP contribution < -0.4 is 0 Å². The third-order valence-electron chi connectivity index (χ3n) is 0. The summed E-state index contributed by atoms with van der Waals surface area (Å²) in [5, 5.41) is 0. The Bertz CT molecular complexity index is 8.04. The van der Waals surface area contributed by atoms with Crippen molar-refractivity contribution in [3.8, 4) is 0 Å². The van der Waals surface area contributed by atoms with E-state index in [1.54, 1.807) is 0 Å². The monoisotopic (exact) mass is 455 g/mol. The van der Waals surface area contributed by atoms with Gasteiger partial charge in [0.2, 0.25) is 0 Å². The smallest absolute Gasteiger partial charge is 0 e. The first kappa shape index (κ1) is 285. The molecule has 0 rings (SSSR count). The normalized spacial score (nSPS) is 0. The van der Waals surface area contributed by atoms with Gasteiger partial charge in [-0.25, -0.2) is 0 Å². The predicted octanol–water partition coefficient (Wildman–Crippen LogP) is -4.13. The first-order chi connectivity index (χ1) is 0. The Balaban J connectivity index is 0. The van der Waals surface area contributed by atoms with Crippen LogP contribution >= 0.6 is 0 Å². The molecular formula is H10O5TaW.